The molecule has 0 spiro atoms. The van der Waals surface area contributed by atoms with Gasteiger partial charge in [-0.2, -0.15) is 0 Å². The lowest BCUT2D eigenvalue weighted by molar-refractivity contribution is -0.883. The standard InChI is InChI=1S/C26H54NO3P/c1-6-8-9-10-11-12-13-14-15-16-17-18-19-20-21-22-23-25-30-31(28,29)26(24-7-2)27(3,4)5/h8-9,26H,6-7,10-25H2,1-5H3/p+1/b9-8-. The molecule has 0 amide bonds. The monoisotopic (exact) mass is 460 g/mol. The van der Waals surface area contributed by atoms with Gasteiger partial charge in [-0.25, -0.2) is 0 Å². The SMILES string of the molecule is CC/C=C\CCCCCCCCCCCCCCCOP(=O)(O)C(CCC)[N+](C)(C)C. The summed E-state index contributed by atoms with van der Waals surface area (Å²) in [5.41, 5.74) is 0. The number of hydrogen-bond donors (Lipinski definition) is 1. The number of quaternary nitrogens is 1. The lowest BCUT2D eigenvalue weighted by atomic mass is 10.0. The van der Waals surface area contributed by atoms with Crippen LogP contribution in [0.15, 0.2) is 12.2 Å². The first-order valence-electron chi connectivity index (χ1n) is 13.2. The van der Waals surface area contributed by atoms with Crippen LogP contribution in [-0.4, -0.2) is 42.9 Å². The molecular formula is C26H55NO3P+. The maximum absolute atomic E-state index is 12.6. The van der Waals surface area contributed by atoms with E-state index >= 15 is 0 Å². The number of nitrogens with zero attached hydrogens (tertiary/aromatic N) is 1. The molecule has 5 heteroatoms. The van der Waals surface area contributed by atoms with Crippen LogP contribution in [0.4, 0.5) is 0 Å². The van der Waals surface area contributed by atoms with Crippen LogP contribution in [0.5, 0.6) is 0 Å². The van der Waals surface area contributed by atoms with Crippen LogP contribution in [-0.2, 0) is 9.09 Å². The Morgan fingerprint density at radius 2 is 1.23 bits per heavy atom. The van der Waals surface area contributed by atoms with Crippen LogP contribution >= 0.6 is 7.60 Å². The quantitative estimate of drug-likeness (QED) is 0.0763. The van der Waals surface area contributed by atoms with Crippen LogP contribution in [0, 0.1) is 0 Å². The summed E-state index contributed by atoms with van der Waals surface area (Å²) in [6.45, 7) is 4.65. The van der Waals surface area contributed by atoms with Gasteiger partial charge < -0.3 is 13.9 Å². The molecule has 0 aliphatic carbocycles. The molecule has 0 aliphatic heterocycles. The number of allylic oxidation sites excluding steroid dienone is 2. The molecule has 2 unspecified atom stereocenters. The molecule has 186 valence electrons. The van der Waals surface area contributed by atoms with Crippen molar-refractivity contribution < 1.29 is 18.5 Å². The van der Waals surface area contributed by atoms with Gasteiger partial charge in [-0.15, -0.1) is 0 Å². The molecule has 0 bridgehead atoms. The molecule has 31 heavy (non-hydrogen) atoms. The third kappa shape index (κ3) is 18.0. The molecule has 0 radical (unpaired) electrons. The molecule has 0 aromatic rings. The van der Waals surface area contributed by atoms with Crippen molar-refractivity contribution in [3.05, 3.63) is 12.2 Å². The van der Waals surface area contributed by atoms with E-state index < -0.39 is 7.60 Å². The van der Waals surface area contributed by atoms with Gasteiger partial charge in [-0.1, -0.05) is 96.6 Å². The number of unbranched alkanes of at least 4 members (excludes halogenated alkanes) is 13. The van der Waals surface area contributed by atoms with E-state index in [-0.39, 0.29) is 5.78 Å². The van der Waals surface area contributed by atoms with E-state index in [1.807, 2.05) is 21.1 Å². The summed E-state index contributed by atoms with van der Waals surface area (Å²) < 4.78 is 18.6. The van der Waals surface area contributed by atoms with E-state index in [9.17, 15) is 9.46 Å². The van der Waals surface area contributed by atoms with Crippen LogP contribution in [0.3, 0.4) is 0 Å². The van der Waals surface area contributed by atoms with Gasteiger partial charge in [0.25, 0.3) is 0 Å². The topological polar surface area (TPSA) is 46.5 Å². The Labute approximate surface area is 195 Å². The fourth-order valence-electron chi connectivity index (χ4n) is 4.12. The third-order valence-corrected chi connectivity index (χ3v) is 8.27. The van der Waals surface area contributed by atoms with Crippen molar-refractivity contribution >= 4 is 7.60 Å². The largest absolute Gasteiger partial charge is 0.385 e. The lowest BCUT2D eigenvalue weighted by Gasteiger charge is -2.35. The molecule has 0 saturated carbocycles. The first kappa shape index (κ1) is 30.9. The Hall–Kier alpha value is -0.150. The van der Waals surface area contributed by atoms with Crippen LogP contribution in [0.25, 0.3) is 0 Å². The Kier molecular flexibility index (Phi) is 19.2. The van der Waals surface area contributed by atoms with Gasteiger partial charge in [0.15, 0.2) is 5.78 Å². The van der Waals surface area contributed by atoms with Gasteiger partial charge in [-0.05, 0) is 32.1 Å². The van der Waals surface area contributed by atoms with E-state index in [2.05, 4.69) is 26.0 Å². The molecule has 1 N–H and O–H groups in total. The fourth-order valence-corrected chi connectivity index (χ4v) is 6.14. The van der Waals surface area contributed by atoms with E-state index in [1.165, 1.54) is 77.0 Å². The van der Waals surface area contributed by atoms with Crippen molar-refractivity contribution in [2.24, 2.45) is 0 Å². The smallest absolute Gasteiger partial charge is 0.320 e. The summed E-state index contributed by atoms with van der Waals surface area (Å²) in [5, 5.41) is 0. The van der Waals surface area contributed by atoms with E-state index in [4.69, 9.17) is 4.52 Å². The highest BCUT2D eigenvalue weighted by molar-refractivity contribution is 7.53. The van der Waals surface area contributed by atoms with Crippen molar-refractivity contribution in [3.8, 4) is 0 Å². The van der Waals surface area contributed by atoms with Gasteiger partial charge in [-0.3, -0.25) is 4.57 Å². The molecule has 0 heterocycles. The van der Waals surface area contributed by atoms with E-state index in [0.29, 0.717) is 17.5 Å². The van der Waals surface area contributed by atoms with Crippen LogP contribution in [0.1, 0.15) is 123 Å². The summed E-state index contributed by atoms with van der Waals surface area (Å²) in [5.74, 6) is -0.333. The molecule has 0 aromatic carbocycles. The Morgan fingerprint density at radius 3 is 1.65 bits per heavy atom. The predicted molar refractivity (Wildman–Crippen MR) is 137 cm³/mol. The zero-order valence-electron chi connectivity index (χ0n) is 21.6. The van der Waals surface area contributed by atoms with Crippen molar-refractivity contribution in [1.29, 1.82) is 0 Å². The van der Waals surface area contributed by atoms with E-state index in [1.54, 1.807) is 0 Å². The average Bonchev–Trinajstić information content (AvgIpc) is 2.70. The van der Waals surface area contributed by atoms with Crippen LogP contribution < -0.4 is 0 Å². The highest BCUT2D eigenvalue weighted by Crippen LogP contribution is 2.51. The van der Waals surface area contributed by atoms with Gasteiger partial charge >= 0.3 is 7.60 Å². The fraction of sp³-hybridized carbons (Fsp3) is 0.923. The van der Waals surface area contributed by atoms with Crippen molar-refractivity contribution in [1.82, 2.24) is 0 Å². The molecule has 0 rings (SSSR count). The minimum atomic E-state index is -3.56. The maximum atomic E-state index is 12.6. The number of hydrogen-bond acceptors (Lipinski definition) is 2. The van der Waals surface area contributed by atoms with Gasteiger partial charge in [0, 0.05) is 6.42 Å². The zero-order valence-corrected chi connectivity index (χ0v) is 22.5. The summed E-state index contributed by atoms with van der Waals surface area (Å²) in [6, 6.07) is 0. The Bertz CT molecular complexity index is 474. The Morgan fingerprint density at radius 1 is 0.774 bits per heavy atom. The minimum absolute atomic E-state index is 0.333. The lowest BCUT2D eigenvalue weighted by Crippen LogP contribution is -2.45. The van der Waals surface area contributed by atoms with Gasteiger partial charge in [0.1, 0.15) is 0 Å². The zero-order chi connectivity index (χ0) is 23.4. The summed E-state index contributed by atoms with van der Waals surface area (Å²) in [6.07, 6.45) is 25.5. The van der Waals surface area contributed by atoms with E-state index in [0.717, 1.165) is 25.7 Å². The summed E-state index contributed by atoms with van der Waals surface area (Å²) in [7, 11) is 2.35. The maximum Gasteiger partial charge on any atom is 0.385 e. The second kappa shape index (κ2) is 19.3. The van der Waals surface area contributed by atoms with Gasteiger partial charge in [0.2, 0.25) is 0 Å². The molecule has 0 saturated heterocycles. The second-order valence-corrected chi connectivity index (χ2v) is 12.0. The van der Waals surface area contributed by atoms with Gasteiger partial charge in [0.05, 0.1) is 27.7 Å². The highest BCUT2D eigenvalue weighted by atomic mass is 31.2. The van der Waals surface area contributed by atoms with Crippen molar-refractivity contribution in [3.63, 3.8) is 0 Å². The van der Waals surface area contributed by atoms with Crippen LogP contribution in [0.2, 0.25) is 0 Å². The first-order valence-corrected chi connectivity index (χ1v) is 14.8. The summed E-state index contributed by atoms with van der Waals surface area (Å²) in [4.78, 5) is 10.4. The highest BCUT2D eigenvalue weighted by Gasteiger charge is 2.41. The first-order chi connectivity index (χ1) is 14.8. The molecule has 0 aliphatic rings. The number of rotatable bonds is 22. The second-order valence-electron chi connectivity index (χ2n) is 10.0. The van der Waals surface area contributed by atoms with Crippen molar-refractivity contribution in [2.45, 2.75) is 129 Å². The molecule has 4 nitrogen and oxygen atoms in total. The summed E-state index contributed by atoms with van der Waals surface area (Å²) >= 11 is 0. The minimum Gasteiger partial charge on any atom is -0.320 e. The molecule has 0 aromatic heterocycles. The average molecular weight is 461 g/mol. The normalized spacial score (nSPS) is 15.4. The Balaban J connectivity index is 3.52. The molecule has 2 atom stereocenters. The molecular weight excluding hydrogens is 405 g/mol. The molecule has 0 fully saturated rings. The third-order valence-electron chi connectivity index (χ3n) is 6.01. The predicted octanol–water partition coefficient (Wildman–Crippen LogP) is 8.45. The van der Waals surface area contributed by atoms with Crippen molar-refractivity contribution in [2.75, 3.05) is 27.7 Å².